The molecule has 1 aliphatic rings. The van der Waals surface area contributed by atoms with Crippen molar-refractivity contribution in [2.24, 2.45) is 0 Å². The van der Waals surface area contributed by atoms with Crippen LogP contribution < -0.4 is 4.74 Å². The average Bonchev–Trinajstić information content (AvgIpc) is 3.22. The van der Waals surface area contributed by atoms with Crippen molar-refractivity contribution in [1.82, 2.24) is 4.31 Å². The number of carboxylic acid groups (broad SMARTS) is 1. The van der Waals surface area contributed by atoms with Crippen LogP contribution in [0.3, 0.4) is 0 Å². The van der Waals surface area contributed by atoms with Gasteiger partial charge in [0.05, 0.1) is 12.0 Å². The second kappa shape index (κ2) is 5.41. The maximum Gasteiger partial charge on any atom is 0.339 e. The third-order valence-electron chi connectivity index (χ3n) is 3.27. The average molecular weight is 299 g/mol. The molecule has 0 bridgehead atoms. The number of nitrogens with zero attached hydrogens (tertiary/aromatic N) is 1. The summed E-state index contributed by atoms with van der Waals surface area (Å²) in [6, 6.07) is 3.95. The maximum absolute atomic E-state index is 12.5. The molecule has 0 heterocycles. The molecule has 0 aliphatic heterocycles. The van der Waals surface area contributed by atoms with E-state index in [1.54, 1.807) is 6.92 Å². The van der Waals surface area contributed by atoms with Crippen LogP contribution in [0.5, 0.6) is 5.75 Å². The highest BCUT2D eigenvalue weighted by Gasteiger charge is 2.37. The summed E-state index contributed by atoms with van der Waals surface area (Å²) in [4.78, 5) is 11.1. The van der Waals surface area contributed by atoms with Gasteiger partial charge in [-0.25, -0.2) is 13.2 Å². The number of hydrogen-bond acceptors (Lipinski definition) is 4. The first-order valence-corrected chi connectivity index (χ1v) is 7.79. The van der Waals surface area contributed by atoms with Gasteiger partial charge in [-0.15, -0.1) is 0 Å². The molecule has 7 heteroatoms. The van der Waals surface area contributed by atoms with E-state index in [1.165, 1.54) is 23.5 Å². The minimum Gasteiger partial charge on any atom is -0.496 e. The summed E-state index contributed by atoms with van der Waals surface area (Å²) in [5.74, 6) is -1.07. The van der Waals surface area contributed by atoms with E-state index in [2.05, 4.69) is 0 Å². The molecule has 0 unspecified atom stereocenters. The lowest BCUT2D eigenvalue weighted by molar-refractivity contribution is 0.0693. The van der Waals surface area contributed by atoms with Gasteiger partial charge in [0.2, 0.25) is 10.0 Å². The smallest absolute Gasteiger partial charge is 0.339 e. The van der Waals surface area contributed by atoms with Crippen molar-refractivity contribution in [3.05, 3.63) is 23.8 Å². The van der Waals surface area contributed by atoms with Crippen molar-refractivity contribution in [1.29, 1.82) is 0 Å². The van der Waals surface area contributed by atoms with Gasteiger partial charge in [0.1, 0.15) is 11.3 Å². The Morgan fingerprint density at radius 2 is 2.10 bits per heavy atom. The summed E-state index contributed by atoms with van der Waals surface area (Å²) < 4.78 is 31.4. The monoisotopic (exact) mass is 299 g/mol. The molecule has 0 spiro atoms. The fraction of sp³-hybridized carbons (Fsp3) is 0.462. The predicted octanol–water partition coefficient (Wildman–Crippen LogP) is 1.57. The highest BCUT2D eigenvalue weighted by molar-refractivity contribution is 7.89. The Morgan fingerprint density at radius 3 is 2.55 bits per heavy atom. The molecule has 1 fully saturated rings. The van der Waals surface area contributed by atoms with Gasteiger partial charge < -0.3 is 9.84 Å². The lowest BCUT2D eigenvalue weighted by atomic mass is 10.2. The second-order valence-corrected chi connectivity index (χ2v) is 6.50. The molecule has 20 heavy (non-hydrogen) atoms. The Labute approximate surface area is 118 Å². The van der Waals surface area contributed by atoms with Crippen molar-refractivity contribution >= 4 is 16.0 Å². The fourth-order valence-electron chi connectivity index (χ4n) is 2.14. The van der Waals surface area contributed by atoms with Crippen molar-refractivity contribution < 1.29 is 23.1 Å². The second-order valence-electron chi connectivity index (χ2n) is 4.61. The van der Waals surface area contributed by atoms with E-state index >= 15 is 0 Å². The van der Waals surface area contributed by atoms with Crippen molar-refractivity contribution in [3.63, 3.8) is 0 Å². The third kappa shape index (κ3) is 2.64. The topological polar surface area (TPSA) is 83.9 Å². The van der Waals surface area contributed by atoms with Gasteiger partial charge in [0.25, 0.3) is 0 Å². The third-order valence-corrected chi connectivity index (χ3v) is 5.30. The highest BCUT2D eigenvalue weighted by Crippen LogP contribution is 2.33. The van der Waals surface area contributed by atoms with Gasteiger partial charge in [0, 0.05) is 12.6 Å². The Hall–Kier alpha value is -1.60. The van der Waals surface area contributed by atoms with Crippen LogP contribution in [-0.2, 0) is 10.0 Å². The van der Waals surface area contributed by atoms with Crippen molar-refractivity contribution in [3.8, 4) is 5.75 Å². The van der Waals surface area contributed by atoms with Gasteiger partial charge >= 0.3 is 5.97 Å². The first kappa shape index (κ1) is 14.8. The van der Waals surface area contributed by atoms with Crippen LogP contribution in [-0.4, -0.2) is 43.5 Å². The molecule has 0 aromatic heterocycles. The molecule has 1 aliphatic carbocycles. The molecule has 0 radical (unpaired) electrons. The Balaban J connectivity index is 2.46. The summed E-state index contributed by atoms with van der Waals surface area (Å²) in [7, 11) is -2.31. The van der Waals surface area contributed by atoms with Crippen LogP contribution in [0.2, 0.25) is 0 Å². The van der Waals surface area contributed by atoms with E-state index in [0.717, 1.165) is 18.9 Å². The standard InChI is InChI=1S/C13H17NO5S/c1-3-14(9-4-5-9)20(17,18)10-6-7-12(19-2)11(8-10)13(15)16/h6-9H,3-5H2,1-2H3,(H,15,16). The number of aromatic carboxylic acids is 1. The van der Waals surface area contributed by atoms with E-state index in [4.69, 9.17) is 9.84 Å². The molecule has 1 N–H and O–H groups in total. The molecule has 0 amide bonds. The fourth-order valence-corrected chi connectivity index (χ4v) is 3.86. The molecule has 0 saturated heterocycles. The van der Waals surface area contributed by atoms with Crippen LogP contribution in [0.15, 0.2) is 23.1 Å². The predicted molar refractivity (Wildman–Crippen MR) is 72.5 cm³/mol. The van der Waals surface area contributed by atoms with Crippen molar-refractivity contribution in [2.75, 3.05) is 13.7 Å². The Morgan fingerprint density at radius 1 is 1.45 bits per heavy atom. The van der Waals surface area contributed by atoms with Crippen LogP contribution in [0, 0.1) is 0 Å². The zero-order valence-corrected chi connectivity index (χ0v) is 12.2. The van der Waals surface area contributed by atoms with Crippen LogP contribution in [0.1, 0.15) is 30.1 Å². The van der Waals surface area contributed by atoms with Gasteiger partial charge in [-0.05, 0) is 31.0 Å². The van der Waals surface area contributed by atoms with Gasteiger partial charge in [-0.1, -0.05) is 6.92 Å². The van der Waals surface area contributed by atoms with E-state index in [9.17, 15) is 13.2 Å². The van der Waals surface area contributed by atoms with E-state index in [-0.39, 0.29) is 22.3 Å². The van der Waals surface area contributed by atoms with Crippen LogP contribution in [0.4, 0.5) is 0 Å². The van der Waals surface area contributed by atoms with E-state index in [1.807, 2.05) is 0 Å². The SMILES string of the molecule is CCN(C1CC1)S(=O)(=O)c1ccc(OC)c(C(=O)O)c1. The molecule has 110 valence electrons. The first-order chi connectivity index (χ1) is 9.41. The highest BCUT2D eigenvalue weighted by atomic mass is 32.2. The zero-order valence-electron chi connectivity index (χ0n) is 11.4. The van der Waals surface area contributed by atoms with Crippen molar-refractivity contribution in [2.45, 2.75) is 30.7 Å². The lowest BCUT2D eigenvalue weighted by Crippen LogP contribution is -2.33. The molecular weight excluding hydrogens is 282 g/mol. The number of carbonyl (C=O) groups is 1. The number of carboxylic acids is 1. The van der Waals surface area contributed by atoms with Crippen LogP contribution >= 0.6 is 0 Å². The minimum absolute atomic E-state index is 0.00977. The number of methoxy groups -OCH3 is 1. The maximum atomic E-state index is 12.5. The first-order valence-electron chi connectivity index (χ1n) is 6.35. The molecule has 1 aromatic rings. The summed E-state index contributed by atoms with van der Waals surface area (Å²) in [5, 5.41) is 9.12. The lowest BCUT2D eigenvalue weighted by Gasteiger charge is -2.20. The normalized spacial score (nSPS) is 15.3. The number of hydrogen-bond donors (Lipinski definition) is 1. The van der Waals surface area contributed by atoms with Gasteiger partial charge in [0.15, 0.2) is 0 Å². The Kier molecular flexibility index (Phi) is 4.01. The zero-order chi connectivity index (χ0) is 14.9. The molecule has 6 nitrogen and oxygen atoms in total. The molecule has 1 saturated carbocycles. The van der Waals surface area contributed by atoms with Gasteiger partial charge in [-0.2, -0.15) is 4.31 Å². The van der Waals surface area contributed by atoms with Crippen LogP contribution in [0.25, 0.3) is 0 Å². The van der Waals surface area contributed by atoms with E-state index < -0.39 is 16.0 Å². The number of sulfonamides is 1. The number of rotatable bonds is 6. The van der Waals surface area contributed by atoms with E-state index in [0.29, 0.717) is 6.54 Å². The molecule has 1 aromatic carbocycles. The molecule has 2 rings (SSSR count). The summed E-state index contributed by atoms with van der Waals surface area (Å²) in [5.41, 5.74) is -0.152. The number of benzene rings is 1. The quantitative estimate of drug-likeness (QED) is 0.862. The molecule has 0 atom stereocenters. The summed E-state index contributed by atoms with van der Waals surface area (Å²) >= 11 is 0. The largest absolute Gasteiger partial charge is 0.496 e. The minimum atomic E-state index is -3.65. The summed E-state index contributed by atoms with van der Waals surface area (Å²) in [6.07, 6.45) is 1.71. The molecular formula is C13H17NO5S. The summed E-state index contributed by atoms with van der Waals surface area (Å²) in [6.45, 7) is 2.15. The number of ether oxygens (including phenoxy) is 1. The Bertz CT molecular complexity index is 622. The van der Waals surface area contributed by atoms with Gasteiger partial charge in [-0.3, -0.25) is 0 Å².